The average molecular weight is 334 g/mol. The zero-order chi connectivity index (χ0) is 17.0. The van der Waals surface area contributed by atoms with E-state index in [9.17, 15) is 0 Å². The van der Waals surface area contributed by atoms with Crippen molar-refractivity contribution >= 4 is 22.5 Å². The Morgan fingerprint density at radius 2 is 1.60 bits per heavy atom. The standard InChI is InChI=1S/C19H22N6/c1-13-21-18-17(8-20-23(18)2)19(22-13)25-11-14-9-24(10-15(14)12-25)16-6-4-3-5-7-16/h3-8,14-15H,9-12H2,1-2H3. The Kier molecular flexibility index (Phi) is 3.20. The highest BCUT2D eigenvalue weighted by Gasteiger charge is 2.41. The molecular weight excluding hydrogens is 312 g/mol. The third kappa shape index (κ3) is 2.35. The third-order valence-corrected chi connectivity index (χ3v) is 5.59. The first kappa shape index (κ1) is 14.7. The van der Waals surface area contributed by atoms with Gasteiger partial charge in [-0.1, -0.05) is 18.2 Å². The quantitative estimate of drug-likeness (QED) is 0.719. The van der Waals surface area contributed by atoms with Gasteiger partial charge in [-0.15, -0.1) is 0 Å². The van der Waals surface area contributed by atoms with E-state index >= 15 is 0 Å². The monoisotopic (exact) mass is 334 g/mol. The molecule has 25 heavy (non-hydrogen) atoms. The lowest BCUT2D eigenvalue weighted by Gasteiger charge is -2.24. The predicted molar refractivity (Wildman–Crippen MR) is 98.9 cm³/mol. The molecule has 0 N–H and O–H groups in total. The minimum atomic E-state index is 0.696. The van der Waals surface area contributed by atoms with E-state index in [1.54, 1.807) is 0 Å². The van der Waals surface area contributed by atoms with Crippen LogP contribution in [0.25, 0.3) is 11.0 Å². The van der Waals surface area contributed by atoms with E-state index < -0.39 is 0 Å². The van der Waals surface area contributed by atoms with Gasteiger partial charge in [-0.25, -0.2) is 9.97 Å². The molecule has 4 heterocycles. The molecule has 0 saturated carbocycles. The third-order valence-electron chi connectivity index (χ3n) is 5.59. The number of rotatable bonds is 2. The van der Waals surface area contributed by atoms with Crippen LogP contribution in [0.4, 0.5) is 11.5 Å². The van der Waals surface area contributed by atoms with E-state index in [0.29, 0.717) is 11.8 Å². The Balaban J connectivity index is 1.40. The lowest BCUT2D eigenvalue weighted by Crippen LogP contribution is -2.29. The molecule has 3 aromatic rings. The summed E-state index contributed by atoms with van der Waals surface area (Å²) < 4.78 is 1.83. The van der Waals surface area contributed by atoms with Crippen LogP contribution < -0.4 is 9.80 Å². The minimum Gasteiger partial charge on any atom is -0.371 e. The molecule has 5 rings (SSSR count). The Hall–Kier alpha value is -2.63. The Morgan fingerprint density at radius 1 is 0.920 bits per heavy atom. The van der Waals surface area contributed by atoms with Crippen molar-refractivity contribution in [3.8, 4) is 0 Å². The van der Waals surface area contributed by atoms with Crippen molar-refractivity contribution in [1.82, 2.24) is 19.7 Å². The van der Waals surface area contributed by atoms with E-state index in [1.807, 2.05) is 24.9 Å². The minimum absolute atomic E-state index is 0.696. The molecule has 1 aromatic carbocycles. The van der Waals surface area contributed by atoms with Crippen LogP contribution in [0.5, 0.6) is 0 Å². The number of hydrogen-bond acceptors (Lipinski definition) is 5. The number of anilines is 2. The van der Waals surface area contributed by atoms with Gasteiger partial charge in [0.25, 0.3) is 0 Å². The van der Waals surface area contributed by atoms with Crippen molar-refractivity contribution in [2.75, 3.05) is 36.0 Å². The summed E-state index contributed by atoms with van der Waals surface area (Å²) in [7, 11) is 1.94. The summed E-state index contributed by atoms with van der Waals surface area (Å²) in [6, 6.07) is 10.8. The second kappa shape index (κ2) is 5.44. The first-order chi connectivity index (χ1) is 12.2. The van der Waals surface area contributed by atoms with Crippen molar-refractivity contribution < 1.29 is 0 Å². The van der Waals surface area contributed by atoms with Crippen molar-refractivity contribution in [3.63, 3.8) is 0 Å². The van der Waals surface area contributed by atoms with Gasteiger partial charge in [0.2, 0.25) is 0 Å². The number of hydrogen-bond donors (Lipinski definition) is 0. The van der Waals surface area contributed by atoms with E-state index in [2.05, 4.69) is 50.2 Å². The summed E-state index contributed by atoms with van der Waals surface area (Å²) >= 11 is 0. The maximum Gasteiger partial charge on any atom is 0.163 e. The van der Waals surface area contributed by atoms with Crippen molar-refractivity contribution in [1.29, 1.82) is 0 Å². The molecule has 2 saturated heterocycles. The number of para-hydroxylation sites is 1. The average Bonchev–Trinajstić information content (AvgIpc) is 3.29. The summed E-state index contributed by atoms with van der Waals surface area (Å²) in [5, 5.41) is 5.44. The molecule has 2 aromatic heterocycles. The van der Waals surface area contributed by atoms with Crippen LogP contribution in [0.3, 0.4) is 0 Å². The largest absolute Gasteiger partial charge is 0.371 e. The fourth-order valence-corrected chi connectivity index (χ4v) is 4.37. The number of aryl methyl sites for hydroxylation is 2. The molecule has 2 aliphatic heterocycles. The maximum atomic E-state index is 4.75. The van der Waals surface area contributed by atoms with Gasteiger partial charge in [-0.2, -0.15) is 5.10 Å². The SMILES string of the molecule is Cc1nc(N2CC3CN(c4ccccc4)CC3C2)c2cnn(C)c2n1. The van der Waals surface area contributed by atoms with Crippen LogP contribution >= 0.6 is 0 Å². The molecule has 2 unspecified atom stereocenters. The van der Waals surface area contributed by atoms with Crippen LogP contribution in [0.1, 0.15) is 5.82 Å². The van der Waals surface area contributed by atoms with Crippen LogP contribution in [-0.4, -0.2) is 45.9 Å². The normalized spacial score (nSPS) is 22.8. The summed E-state index contributed by atoms with van der Waals surface area (Å²) in [5.74, 6) is 3.26. The molecule has 0 radical (unpaired) electrons. The summed E-state index contributed by atoms with van der Waals surface area (Å²) in [6.45, 7) is 6.35. The summed E-state index contributed by atoms with van der Waals surface area (Å²) in [6.07, 6.45) is 1.90. The molecule has 128 valence electrons. The molecule has 2 fully saturated rings. The highest BCUT2D eigenvalue weighted by molar-refractivity contribution is 5.87. The van der Waals surface area contributed by atoms with Crippen LogP contribution in [0, 0.1) is 18.8 Å². The molecule has 0 bridgehead atoms. The predicted octanol–water partition coefficient (Wildman–Crippen LogP) is 2.24. The summed E-state index contributed by atoms with van der Waals surface area (Å²) in [4.78, 5) is 14.3. The summed E-state index contributed by atoms with van der Waals surface area (Å²) in [5.41, 5.74) is 2.27. The lowest BCUT2D eigenvalue weighted by atomic mass is 10.0. The second-order valence-electron chi connectivity index (χ2n) is 7.27. The zero-order valence-corrected chi connectivity index (χ0v) is 14.6. The van der Waals surface area contributed by atoms with Gasteiger partial charge >= 0.3 is 0 Å². The molecule has 6 heteroatoms. The Morgan fingerprint density at radius 3 is 2.32 bits per heavy atom. The van der Waals surface area contributed by atoms with Crippen molar-refractivity contribution in [3.05, 3.63) is 42.4 Å². The fourth-order valence-electron chi connectivity index (χ4n) is 4.37. The van der Waals surface area contributed by atoms with Gasteiger partial charge in [0.15, 0.2) is 5.65 Å². The van der Waals surface area contributed by atoms with E-state index in [0.717, 1.165) is 48.9 Å². The van der Waals surface area contributed by atoms with Gasteiger partial charge in [0.05, 0.1) is 11.6 Å². The molecule has 6 nitrogen and oxygen atoms in total. The molecule has 2 aliphatic rings. The highest BCUT2D eigenvalue weighted by atomic mass is 15.3. The first-order valence-electron chi connectivity index (χ1n) is 8.90. The van der Waals surface area contributed by atoms with Gasteiger partial charge in [-0.3, -0.25) is 4.68 Å². The lowest BCUT2D eigenvalue weighted by molar-refractivity contribution is 0.533. The van der Waals surface area contributed by atoms with Crippen molar-refractivity contribution in [2.24, 2.45) is 18.9 Å². The van der Waals surface area contributed by atoms with E-state index in [4.69, 9.17) is 4.98 Å². The second-order valence-corrected chi connectivity index (χ2v) is 7.27. The molecule has 0 amide bonds. The van der Waals surface area contributed by atoms with Gasteiger partial charge in [0.1, 0.15) is 11.6 Å². The Bertz CT molecular complexity index is 904. The number of nitrogens with zero attached hydrogens (tertiary/aromatic N) is 6. The molecule has 0 spiro atoms. The topological polar surface area (TPSA) is 50.1 Å². The molecular formula is C19H22N6. The molecule has 0 aliphatic carbocycles. The fraction of sp³-hybridized carbons (Fsp3) is 0.421. The van der Waals surface area contributed by atoms with Crippen LogP contribution in [0.2, 0.25) is 0 Å². The zero-order valence-electron chi connectivity index (χ0n) is 14.6. The van der Waals surface area contributed by atoms with Crippen LogP contribution in [-0.2, 0) is 7.05 Å². The van der Waals surface area contributed by atoms with Gasteiger partial charge < -0.3 is 9.80 Å². The highest BCUT2D eigenvalue weighted by Crippen LogP contribution is 2.37. The van der Waals surface area contributed by atoms with Gasteiger partial charge in [-0.05, 0) is 19.1 Å². The Labute approximate surface area is 147 Å². The van der Waals surface area contributed by atoms with Crippen LogP contribution in [0.15, 0.2) is 36.5 Å². The van der Waals surface area contributed by atoms with Gasteiger partial charge in [0, 0.05) is 50.7 Å². The number of benzene rings is 1. The van der Waals surface area contributed by atoms with E-state index in [1.165, 1.54) is 5.69 Å². The van der Waals surface area contributed by atoms with Crippen molar-refractivity contribution in [2.45, 2.75) is 6.92 Å². The number of fused-ring (bicyclic) bond motifs is 2. The maximum absolute atomic E-state index is 4.75. The molecule has 2 atom stereocenters. The first-order valence-corrected chi connectivity index (χ1v) is 8.90. The number of aromatic nitrogens is 4. The van der Waals surface area contributed by atoms with E-state index in [-0.39, 0.29) is 0 Å². The smallest absolute Gasteiger partial charge is 0.163 e.